The molecule has 7 heteroatoms. The average Bonchev–Trinajstić information content (AvgIpc) is 3.52. The lowest BCUT2D eigenvalue weighted by atomic mass is 10.0. The Morgan fingerprint density at radius 2 is 1.55 bits per heavy atom. The normalized spacial score (nSPS) is 19.2. The van der Waals surface area contributed by atoms with Crippen LogP contribution in [-0.2, 0) is 14.8 Å². The first-order valence-electron chi connectivity index (χ1n) is 10.9. The number of nitrogens with zero attached hydrogens (tertiary/aromatic N) is 2. The molecule has 31 heavy (non-hydrogen) atoms. The van der Waals surface area contributed by atoms with E-state index in [1.807, 2.05) is 63.2 Å². The lowest BCUT2D eigenvalue weighted by Crippen LogP contribution is -2.52. The molecule has 1 saturated heterocycles. The van der Waals surface area contributed by atoms with Crippen LogP contribution in [0, 0.1) is 20.8 Å². The maximum Gasteiger partial charge on any atom is 0.243 e. The second-order valence-electron chi connectivity index (χ2n) is 8.76. The highest BCUT2D eigenvalue weighted by molar-refractivity contribution is 7.89. The number of sulfonamides is 1. The van der Waals surface area contributed by atoms with Crippen molar-refractivity contribution in [2.24, 2.45) is 0 Å². The number of nitrogens with one attached hydrogen (secondary N) is 1. The van der Waals surface area contributed by atoms with Gasteiger partial charge in [0.1, 0.15) is 6.04 Å². The number of carbonyl (C=O) groups excluding carboxylic acids is 1. The molecule has 4 rings (SSSR count). The highest BCUT2D eigenvalue weighted by Gasteiger charge is 2.37. The van der Waals surface area contributed by atoms with Gasteiger partial charge >= 0.3 is 0 Å². The molecular formula is C24H31N3O3S. The Kier molecular flexibility index (Phi) is 6.19. The topological polar surface area (TPSA) is 69.7 Å². The van der Waals surface area contributed by atoms with Crippen molar-refractivity contribution < 1.29 is 13.2 Å². The van der Waals surface area contributed by atoms with E-state index in [0.717, 1.165) is 35.1 Å². The van der Waals surface area contributed by atoms with E-state index in [9.17, 15) is 13.2 Å². The molecule has 1 saturated carbocycles. The molecule has 2 fully saturated rings. The van der Waals surface area contributed by atoms with E-state index in [-0.39, 0.29) is 11.9 Å². The van der Waals surface area contributed by atoms with Gasteiger partial charge in [0.05, 0.1) is 4.90 Å². The molecule has 1 aliphatic carbocycles. The molecule has 1 heterocycles. The third-order valence-electron chi connectivity index (χ3n) is 6.13. The summed E-state index contributed by atoms with van der Waals surface area (Å²) in [4.78, 5) is 15.5. The van der Waals surface area contributed by atoms with Crippen molar-refractivity contribution in [3.63, 3.8) is 0 Å². The largest absolute Gasteiger partial charge is 0.352 e. The Bertz CT molecular complexity index is 1030. The van der Waals surface area contributed by atoms with Crippen LogP contribution in [0.4, 0.5) is 0 Å². The van der Waals surface area contributed by atoms with Crippen LogP contribution in [0.15, 0.2) is 47.4 Å². The first kappa shape index (κ1) is 22.0. The fourth-order valence-electron chi connectivity index (χ4n) is 4.58. The van der Waals surface area contributed by atoms with E-state index >= 15 is 0 Å². The Morgan fingerprint density at radius 1 is 0.968 bits per heavy atom. The van der Waals surface area contributed by atoms with Crippen molar-refractivity contribution in [3.05, 3.63) is 64.7 Å². The van der Waals surface area contributed by atoms with E-state index in [2.05, 4.69) is 10.2 Å². The summed E-state index contributed by atoms with van der Waals surface area (Å²) in [7, 11) is -3.58. The summed E-state index contributed by atoms with van der Waals surface area (Å²) in [5.74, 6) is 0.00947. The summed E-state index contributed by atoms with van der Waals surface area (Å²) in [5.41, 5.74) is 3.57. The maximum absolute atomic E-state index is 13.4. The molecule has 1 aliphatic heterocycles. The standard InChI is InChI=1S/C24H31N3O3S/c1-17-15-18(2)23(19(3)16-17)31(29,30)27-13-11-26(12-14-27)22(20-7-5-4-6-8-20)24(28)25-21-9-10-21/h4-8,15-16,21-22H,9-14H2,1-3H3,(H,25,28)/t22-/m1/s1. The first-order chi connectivity index (χ1) is 14.8. The van der Waals surface area contributed by atoms with Crippen LogP contribution >= 0.6 is 0 Å². The van der Waals surface area contributed by atoms with E-state index in [0.29, 0.717) is 31.1 Å². The molecule has 0 bridgehead atoms. The molecule has 0 radical (unpaired) electrons. The van der Waals surface area contributed by atoms with Crippen LogP contribution in [0.3, 0.4) is 0 Å². The van der Waals surface area contributed by atoms with E-state index in [4.69, 9.17) is 0 Å². The smallest absolute Gasteiger partial charge is 0.243 e. The molecule has 166 valence electrons. The Balaban J connectivity index is 1.53. The summed E-state index contributed by atoms with van der Waals surface area (Å²) in [6, 6.07) is 13.5. The maximum atomic E-state index is 13.4. The van der Waals surface area contributed by atoms with Crippen molar-refractivity contribution in [1.29, 1.82) is 0 Å². The highest BCUT2D eigenvalue weighted by Crippen LogP contribution is 2.29. The lowest BCUT2D eigenvalue weighted by Gasteiger charge is -2.38. The second kappa shape index (κ2) is 8.73. The minimum atomic E-state index is -3.58. The third-order valence-corrected chi connectivity index (χ3v) is 8.33. The predicted octanol–water partition coefficient (Wildman–Crippen LogP) is 2.94. The van der Waals surface area contributed by atoms with E-state index in [1.54, 1.807) is 4.31 Å². The van der Waals surface area contributed by atoms with E-state index < -0.39 is 16.1 Å². The molecule has 2 aromatic rings. The van der Waals surface area contributed by atoms with Crippen molar-refractivity contribution in [1.82, 2.24) is 14.5 Å². The van der Waals surface area contributed by atoms with Gasteiger partial charge in [-0.2, -0.15) is 4.31 Å². The SMILES string of the molecule is Cc1cc(C)c(S(=O)(=O)N2CCN([C@@H](C(=O)NC3CC3)c3ccccc3)CC2)c(C)c1. The summed E-state index contributed by atoms with van der Waals surface area (Å²) in [5, 5.41) is 3.12. The number of amides is 1. The van der Waals surface area contributed by atoms with Crippen LogP contribution in [0.2, 0.25) is 0 Å². The van der Waals surface area contributed by atoms with Gasteiger partial charge in [0.25, 0.3) is 0 Å². The van der Waals surface area contributed by atoms with Crippen LogP contribution in [0.5, 0.6) is 0 Å². The van der Waals surface area contributed by atoms with Crippen molar-refractivity contribution in [2.75, 3.05) is 26.2 Å². The minimum absolute atomic E-state index is 0.00947. The van der Waals surface area contributed by atoms with Gasteiger partial charge in [-0.15, -0.1) is 0 Å². The van der Waals surface area contributed by atoms with Gasteiger partial charge < -0.3 is 5.32 Å². The quantitative estimate of drug-likeness (QED) is 0.748. The van der Waals surface area contributed by atoms with Crippen LogP contribution in [0.25, 0.3) is 0 Å². The summed E-state index contributed by atoms with van der Waals surface area (Å²) >= 11 is 0. The molecule has 0 unspecified atom stereocenters. The third kappa shape index (κ3) is 4.68. The highest BCUT2D eigenvalue weighted by atomic mass is 32.2. The van der Waals surface area contributed by atoms with Gasteiger partial charge in [0, 0.05) is 32.2 Å². The zero-order chi connectivity index (χ0) is 22.2. The van der Waals surface area contributed by atoms with E-state index in [1.165, 1.54) is 0 Å². The fourth-order valence-corrected chi connectivity index (χ4v) is 6.41. The van der Waals surface area contributed by atoms with Gasteiger partial charge in [-0.05, 0) is 50.3 Å². The molecule has 6 nitrogen and oxygen atoms in total. The minimum Gasteiger partial charge on any atom is -0.352 e. The molecule has 1 amide bonds. The zero-order valence-corrected chi connectivity index (χ0v) is 19.3. The summed E-state index contributed by atoms with van der Waals surface area (Å²) in [6.45, 7) is 7.46. The first-order valence-corrected chi connectivity index (χ1v) is 12.4. The Labute approximate surface area is 185 Å². The molecule has 1 atom stereocenters. The van der Waals surface area contributed by atoms with Crippen molar-refractivity contribution in [3.8, 4) is 0 Å². The predicted molar refractivity (Wildman–Crippen MR) is 121 cm³/mol. The van der Waals surface area contributed by atoms with Crippen molar-refractivity contribution >= 4 is 15.9 Å². The lowest BCUT2D eigenvalue weighted by molar-refractivity contribution is -0.127. The van der Waals surface area contributed by atoms with Gasteiger partial charge in [0.2, 0.25) is 15.9 Å². The molecule has 0 aromatic heterocycles. The fraction of sp³-hybridized carbons (Fsp3) is 0.458. The number of hydrogen-bond donors (Lipinski definition) is 1. The van der Waals surface area contributed by atoms with Crippen LogP contribution < -0.4 is 5.32 Å². The van der Waals surface area contributed by atoms with Crippen LogP contribution in [-0.4, -0.2) is 55.8 Å². The van der Waals surface area contributed by atoms with Gasteiger partial charge in [-0.25, -0.2) is 8.42 Å². The molecular weight excluding hydrogens is 410 g/mol. The molecule has 0 spiro atoms. The van der Waals surface area contributed by atoms with Crippen LogP contribution in [0.1, 0.15) is 41.1 Å². The number of hydrogen-bond acceptors (Lipinski definition) is 4. The average molecular weight is 442 g/mol. The second-order valence-corrected chi connectivity index (χ2v) is 10.6. The number of rotatable bonds is 6. The molecule has 2 aromatic carbocycles. The Morgan fingerprint density at radius 3 is 2.10 bits per heavy atom. The Hall–Kier alpha value is -2.22. The summed E-state index contributed by atoms with van der Waals surface area (Å²) in [6.07, 6.45) is 2.07. The summed E-state index contributed by atoms with van der Waals surface area (Å²) < 4.78 is 28.4. The van der Waals surface area contributed by atoms with Gasteiger partial charge in [0.15, 0.2) is 0 Å². The zero-order valence-electron chi connectivity index (χ0n) is 18.5. The number of benzene rings is 2. The number of piperazine rings is 1. The van der Waals surface area contributed by atoms with Gasteiger partial charge in [-0.1, -0.05) is 48.0 Å². The monoisotopic (exact) mass is 441 g/mol. The van der Waals surface area contributed by atoms with Gasteiger partial charge in [-0.3, -0.25) is 9.69 Å². The number of aryl methyl sites for hydroxylation is 3. The molecule has 1 N–H and O–H groups in total. The molecule has 2 aliphatic rings. The van der Waals surface area contributed by atoms with Crippen molar-refractivity contribution in [2.45, 2.75) is 50.6 Å². The number of carbonyl (C=O) groups is 1.